The van der Waals surface area contributed by atoms with Crippen molar-refractivity contribution in [1.29, 1.82) is 0 Å². The lowest BCUT2D eigenvalue weighted by Crippen LogP contribution is -2.34. The molecule has 1 aromatic heterocycles. The lowest BCUT2D eigenvalue weighted by molar-refractivity contribution is 0.0925. The van der Waals surface area contributed by atoms with E-state index in [0.29, 0.717) is 27.4 Å². The smallest absolute Gasteiger partial charge is 0.267 e. The molecule has 0 aliphatic rings. The lowest BCUT2D eigenvalue weighted by atomic mass is 10.0. The second-order valence-electron chi connectivity index (χ2n) is 7.54. The van der Waals surface area contributed by atoms with Gasteiger partial charge in [-0.05, 0) is 48.0 Å². The van der Waals surface area contributed by atoms with Crippen LogP contribution >= 0.6 is 11.6 Å². The van der Waals surface area contributed by atoms with Crippen LogP contribution in [-0.4, -0.2) is 38.3 Å². The third kappa shape index (κ3) is 5.28. The minimum atomic E-state index is -3.88. The molecule has 3 aromatic carbocycles. The summed E-state index contributed by atoms with van der Waals surface area (Å²) in [7, 11) is -3.88. The van der Waals surface area contributed by atoms with E-state index in [0.717, 1.165) is 10.9 Å². The number of aromatic amines is 1. The van der Waals surface area contributed by atoms with Gasteiger partial charge in [0.05, 0.1) is 4.90 Å². The largest absolute Gasteiger partial charge is 0.351 e. The fourth-order valence-electron chi connectivity index (χ4n) is 3.53. The van der Waals surface area contributed by atoms with Crippen LogP contribution in [0.15, 0.2) is 77.7 Å². The van der Waals surface area contributed by atoms with Gasteiger partial charge in [0.15, 0.2) is 0 Å². The van der Waals surface area contributed by atoms with E-state index in [1.165, 1.54) is 6.07 Å². The molecule has 0 spiro atoms. The number of hydrogen-bond acceptors (Lipinski definition) is 4. The first-order chi connectivity index (χ1) is 16.2. The number of fused-ring (bicyclic) bond motifs is 1. The zero-order valence-corrected chi connectivity index (χ0v) is 19.4. The molecule has 0 saturated heterocycles. The van der Waals surface area contributed by atoms with Gasteiger partial charge in [0.2, 0.25) is 10.0 Å². The van der Waals surface area contributed by atoms with E-state index in [-0.39, 0.29) is 29.8 Å². The van der Waals surface area contributed by atoms with Crippen molar-refractivity contribution in [1.82, 2.24) is 15.6 Å². The maximum Gasteiger partial charge on any atom is 0.267 e. The van der Waals surface area contributed by atoms with Gasteiger partial charge in [0.25, 0.3) is 11.8 Å². The SMILES string of the molecule is NS(=O)(=O)c1ccccc1-c1ccc(C(=O)NCCNC(=O)c2cc3cc(Cl)ccc3[nH]2)cc1. The molecule has 0 fully saturated rings. The monoisotopic (exact) mass is 496 g/mol. The van der Waals surface area contributed by atoms with Crippen LogP contribution in [0.3, 0.4) is 0 Å². The molecule has 0 unspecified atom stereocenters. The van der Waals surface area contributed by atoms with Gasteiger partial charge in [-0.3, -0.25) is 9.59 Å². The van der Waals surface area contributed by atoms with Gasteiger partial charge in [-0.1, -0.05) is 41.9 Å². The molecule has 174 valence electrons. The van der Waals surface area contributed by atoms with Crippen molar-refractivity contribution in [2.45, 2.75) is 4.90 Å². The second-order valence-corrected chi connectivity index (χ2v) is 9.51. The van der Waals surface area contributed by atoms with E-state index in [2.05, 4.69) is 15.6 Å². The number of carbonyl (C=O) groups is 2. The number of H-pyrrole nitrogens is 1. The fourth-order valence-corrected chi connectivity index (χ4v) is 4.47. The Balaban J connectivity index is 1.32. The predicted octanol–water partition coefficient (Wildman–Crippen LogP) is 3.30. The molecular weight excluding hydrogens is 476 g/mol. The van der Waals surface area contributed by atoms with E-state index in [1.807, 2.05) is 0 Å². The summed E-state index contributed by atoms with van der Waals surface area (Å²) in [5.74, 6) is -0.611. The number of primary sulfonamides is 1. The summed E-state index contributed by atoms with van der Waals surface area (Å²) >= 11 is 5.97. The third-order valence-electron chi connectivity index (χ3n) is 5.18. The summed E-state index contributed by atoms with van der Waals surface area (Å²) in [6.07, 6.45) is 0. The molecule has 10 heteroatoms. The maximum atomic E-state index is 12.4. The highest BCUT2D eigenvalue weighted by atomic mass is 35.5. The number of carbonyl (C=O) groups excluding carboxylic acids is 2. The average molecular weight is 497 g/mol. The second kappa shape index (κ2) is 9.68. The first kappa shape index (κ1) is 23.5. The standard InChI is InChI=1S/C24H21ClN4O4S/c25-18-9-10-20-17(13-18)14-21(29-20)24(31)28-12-11-27-23(30)16-7-5-15(6-8-16)19-3-1-2-4-22(19)34(26,32)33/h1-10,13-14,29H,11-12H2,(H,27,30)(H,28,31)(H2,26,32,33). The van der Waals surface area contributed by atoms with Crippen LogP contribution in [0.2, 0.25) is 5.02 Å². The molecule has 0 bridgehead atoms. The molecule has 5 N–H and O–H groups in total. The molecule has 0 aliphatic heterocycles. The van der Waals surface area contributed by atoms with Crippen molar-refractivity contribution in [3.63, 3.8) is 0 Å². The van der Waals surface area contributed by atoms with Gasteiger partial charge >= 0.3 is 0 Å². The molecule has 34 heavy (non-hydrogen) atoms. The van der Waals surface area contributed by atoms with E-state index in [9.17, 15) is 18.0 Å². The number of sulfonamides is 1. The van der Waals surface area contributed by atoms with Gasteiger partial charge in [0.1, 0.15) is 5.69 Å². The van der Waals surface area contributed by atoms with Gasteiger partial charge in [-0.2, -0.15) is 0 Å². The zero-order valence-electron chi connectivity index (χ0n) is 17.8. The van der Waals surface area contributed by atoms with Crippen LogP contribution in [0.1, 0.15) is 20.8 Å². The number of hydrogen-bond donors (Lipinski definition) is 4. The summed E-state index contributed by atoms with van der Waals surface area (Å²) < 4.78 is 23.6. The Labute approximate surface area is 201 Å². The molecule has 4 aromatic rings. The van der Waals surface area contributed by atoms with Crippen LogP contribution in [0.4, 0.5) is 0 Å². The first-order valence-corrected chi connectivity index (χ1v) is 12.2. The van der Waals surface area contributed by atoms with Crippen LogP contribution in [-0.2, 0) is 10.0 Å². The quantitative estimate of drug-likeness (QED) is 0.292. The first-order valence-electron chi connectivity index (χ1n) is 10.3. The van der Waals surface area contributed by atoms with Crippen molar-refractivity contribution in [3.05, 3.63) is 89.1 Å². The molecule has 4 rings (SSSR count). The van der Waals surface area contributed by atoms with Crippen molar-refractivity contribution >= 4 is 44.3 Å². The van der Waals surface area contributed by atoms with Crippen molar-refractivity contribution < 1.29 is 18.0 Å². The normalized spacial score (nSPS) is 11.4. The third-order valence-corrected chi connectivity index (χ3v) is 6.38. The number of aromatic nitrogens is 1. The Kier molecular flexibility index (Phi) is 6.69. The Hall–Kier alpha value is -3.66. The number of benzene rings is 3. The van der Waals surface area contributed by atoms with Crippen LogP contribution in [0.25, 0.3) is 22.0 Å². The minimum Gasteiger partial charge on any atom is -0.351 e. The van der Waals surface area contributed by atoms with E-state index >= 15 is 0 Å². The lowest BCUT2D eigenvalue weighted by Gasteiger charge is -2.09. The highest BCUT2D eigenvalue weighted by Gasteiger charge is 2.15. The summed E-state index contributed by atoms with van der Waals surface area (Å²) in [5, 5.41) is 12.2. The van der Waals surface area contributed by atoms with E-state index in [4.69, 9.17) is 16.7 Å². The van der Waals surface area contributed by atoms with Gasteiger partial charge in [0, 0.05) is 40.1 Å². The molecule has 8 nitrogen and oxygen atoms in total. The number of amides is 2. The topological polar surface area (TPSA) is 134 Å². The number of halogens is 1. The van der Waals surface area contributed by atoms with E-state index < -0.39 is 10.0 Å². The summed E-state index contributed by atoms with van der Waals surface area (Å²) in [4.78, 5) is 27.8. The fraction of sp³-hybridized carbons (Fsp3) is 0.0833. The number of nitrogens with two attached hydrogens (primary N) is 1. The molecule has 1 heterocycles. The minimum absolute atomic E-state index is 0.0148. The van der Waals surface area contributed by atoms with Gasteiger partial charge < -0.3 is 15.6 Å². The highest BCUT2D eigenvalue weighted by Crippen LogP contribution is 2.26. The van der Waals surface area contributed by atoms with Crippen molar-refractivity contribution in [2.24, 2.45) is 5.14 Å². The summed E-state index contributed by atoms with van der Waals surface area (Å²) in [6.45, 7) is 0.465. The highest BCUT2D eigenvalue weighted by molar-refractivity contribution is 7.89. The van der Waals surface area contributed by atoms with Gasteiger partial charge in [-0.15, -0.1) is 0 Å². The maximum absolute atomic E-state index is 12.4. The van der Waals surface area contributed by atoms with Crippen LogP contribution in [0, 0.1) is 0 Å². The van der Waals surface area contributed by atoms with Gasteiger partial charge in [-0.25, -0.2) is 13.6 Å². The van der Waals surface area contributed by atoms with Crippen LogP contribution < -0.4 is 15.8 Å². The van der Waals surface area contributed by atoms with E-state index in [1.54, 1.807) is 66.7 Å². The zero-order chi connectivity index (χ0) is 24.3. The molecule has 0 saturated carbocycles. The average Bonchev–Trinajstić information content (AvgIpc) is 3.24. The molecular formula is C24H21ClN4O4S. The molecule has 0 aliphatic carbocycles. The molecule has 0 atom stereocenters. The Morgan fingerprint density at radius 3 is 2.26 bits per heavy atom. The van der Waals surface area contributed by atoms with Crippen LogP contribution in [0.5, 0.6) is 0 Å². The van der Waals surface area contributed by atoms with Crippen molar-refractivity contribution in [2.75, 3.05) is 13.1 Å². The summed E-state index contributed by atoms with van der Waals surface area (Å²) in [6, 6.07) is 19.9. The summed E-state index contributed by atoms with van der Waals surface area (Å²) in [5.41, 5.74) is 2.68. The Bertz CT molecular complexity index is 1480. The predicted molar refractivity (Wildman–Crippen MR) is 131 cm³/mol. The Morgan fingerprint density at radius 2 is 1.56 bits per heavy atom. The number of rotatable bonds is 7. The molecule has 2 amide bonds. The Morgan fingerprint density at radius 1 is 0.882 bits per heavy atom. The number of nitrogens with one attached hydrogen (secondary N) is 3. The van der Waals surface area contributed by atoms with Crippen molar-refractivity contribution in [3.8, 4) is 11.1 Å². The molecule has 0 radical (unpaired) electrons.